The summed E-state index contributed by atoms with van der Waals surface area (Å²) in [6.45, 7) is 0.0658. The summed E-state index contributed by atoms with van der Waals surface area (Å²) in [4.78, 5) is 35.2. The summed E-state index contributed by atoms with van der Waals surface area (Å²) in [7, 11) is 0. The minimum Gasteiger partial charge on any atom is -0.480 e. The third kappa shape index (κ3) is 2.36. The maximum Gasteiger partial charge on any atom is 0.322 e. The number of carboxylic acids is 1. The molecule has 0 aromatic heterocycles. The van der Waals surface area contributed by atoms with Crippen LogP contribution in [0.15, 0.2) is 11.5 Å². The quantitative estimate of drug-likeness (QED) is 0.404. The Morgan fingerprint density at radius 3 is 3.05 bits per heavy atom. The SMILES string of the molecule is N#CC=CSC1(C(=O)O)CS[C@@H]2C(NC=O)C(=O)N2C1. The predicted molar refractivity (Wildman–Crippen MR) is 73.7 cm³/mol. The second-order valence-electron chi connectivity index (χ2n) is 4.28. The van der Waals surface area contributed by atoms with Crippen molar-refractivity contribution in [2.24, 2.45) is 0 Å². The van der Waals surface area contributed by atoms with Crippen LogP contribution in [0.25, 0.3) is 0 Å². The number of fused-ring (bicyclic) bond motifs is 1. The average molecular weight is 313 g/mol. The van der Waals surface area contributed by atoms with Gasteiger partial charge in [0.1, 0.15) is 16.2 Å². The monoisotopic (exact) mass is 313 g/mol. The number of β-lactam (4-membered cyclic amide) rings is 1. The molecule has 0 aromatic carbocycles. The highest BCUT2D eigenvalue weighted by Gasteiger charge is 2.57. The van der Waals surface area contributed by atoms with Gasteiger partial charge in [-0.05, 0) is 5.41 Å². The van der Waals surface area contributed by atoms with E-state index >= 15 is 0 Å². The molecular weight excluding hydrogens is 302 g/mol. The Morgan fingerprint density at radius 1 is 1.70 bits per heavy atom. The van der Waals surface area contributed by atoms with Crippen LogP contribution in [0.3, 0.4) is 0 Å². The van der Waals surface area contributed by atoms with Crippen LogP contribution in [-0.2, 0) is 14.4 Å². The molecule has 0 aliphatic carbocycles. The molecule has 2 unspecified atom stereocenters. The van der Waals surface area contributed by atoms with Gasteiger partial charge in [0, 0.05) is 18.4 Å². The Labute approximate surface area is 123 Å². The first-order chi connectivity index (χ1) is 9.55. The van der Waals surface area contributed by atoms with Crippen LogP contribution in [0, 0.1) is 11.3 Å². The minimum atomic E-state index is -1.16. The Morgan fingerprint density at radius 2 is 2.45 bits per heavy atom. The number of amides is 2. The van der Waals surface area contributed by atoms with Gasteiger partial charge in [-0.3, -0.25) is 14.4 Å². The fraction of sp³-hybridized carbons (Fsp3) is 0.455. The molecular formula is C11H11N3O4S2. The Bertz CT molecular complexity index is 518. The van der Waals surface area contributed by atoms with Crippen LogP contribution in [-0.4, -0.2) is 56.8 Å². The van der Waals surface area contributed by atoms with E-state index in [4.69, 9.17) is 5.26 Å². The number of carbonyl (C=O) groups excluding carboxylic acids is 2. The zero-order valence-corrected chi connectivity index (χ0v) is 11.8. The van der Waals surface area contributed by atoms with Gasteiger partial charge in [0.2, 0.25) is 12.3 Å². The van der Waals surface area contributed by atoms with Crippen LogP contribution in [0.1, 0.15) is 0 Å². The Kier molecular flexibility index (Phi) is 4.25. The number of nitrogens with zero attached hydrogens (tertiary/aromatic N) is 2. The van der Waals surface area contributed by atoms with Crippen LogP contribution in [0.2, 0.25) is 0 Å². The topological polar surface area (TPSA) is 110 Å². The van der Waals surface area contributed by atoms with Gasteiger partial charge in [0.05, 0.1) is 6.07 Å². The highest BCUT2D eigenvalue weighted by molar-refractivity contribution is 8.06. The number of hydrogen-bond donors (Lipinski definition) is 2. The van der Waals surface area contributed by atoms with E-state index in [0.717, 1.165) is 11.8 Å². The van der Waals surface area contributed by atoms with Crippen molar-refractivity contribution in [3.8, 4) is 6.07 Å². The van der Waals surface area contributed by atoms with Crippen molar-refractivity contribution in [1.29, 1.82) is 5.26 Å². The first kappa shape index (κ1) is 14.7. The smallest absolute Gasteiger partial charge is 0.322 e. The largest absolute Gasteiger partial charge is 0.480 e. The maximum atomic E-state index is 11.8. The third-order valence-corrected chi connectivity index (χ3v) is 6.01. The van der Waals surface area contributed by atoms with E-state index < -0.39 is 16.8 Å². The summed E-state index contributed by atoms with van der Waals surface area (Å²) in [6.07, 6.45) is 1.69. The lowest BCUT2D eigenvalue weighted by molar-refractivity contribution is -0.151. The molecule has 0 saturated carbocycles. The molecule has 2 heterocycles. The molecule has 0 radical (unpaired) electrons. The number of nitrogens with one attached hydrogen (secondary N) is 1. The lowest BCUT2D eigenvalue weighted by Gasteiger charge is -2.53. The predicted octanol–water partition coefficient (Wildman–Crippen LogP) is -0.390. The van der Waals surface area contributed by atoms with Crippen molar-refractivity contribution >= 4 is 41.8 Å². The van der Waals surface area contributed by atoms with Crippen molar-refractivity contribution in [1.82, 2.24) is 10.2 Å². The molecule has 106 valence electrons. The van der Waals surface area contributed by atoms with Crippen LogP contribution >= 0.6 is 23.5 Å². The summed E-state index contributed by atoms with van der Waals surface area (Å²) in [6, 6.07) is 1.23. The van der Waals surface area contributed by atoms with E-state index in [1.54, 1.807) is 6.07 Å². The number of hydrogen-bond acceptors (Lipinski definition) is 6. The number of carboxylic acid groups (broad SMARTS) is 1. The van der Waals surface area contributed by atoms with Gasteiger partial charge >= 0.3 is 5.97 Å². The molecule has 2 fully saturated rings. The summed E-state index contributed by atoms with van der Waals surface area (Å²) in [5.74, 6) is -0.991. The van der Waals surface area contributed by atoms with Gasteiger partial charge in [-0.1, -0.05) is 0 Å². The highest BCUT2D eigenvalue weighted by atomic mass is 32.2. The molecule has 3 atom stereocenters. The molecule has 2 rings (SSSR count). The minimum absolute atomic E-state index is 0.0658. The van der Waals surface area contributed by atoms with Crippen molar-refractivity contribution in [2.75, 3.05) is 12.3 Å². The number of aliphatic carboxylic acids is 1. The molecule has 20 heavy (non-hydrogen) atoms. The van der Waals surface area contributed by atoms with Gasteiger partial charge in [0.25, 0.3) is 0 Å². The van der Waals surface area contributed by atoms with Crippen molar-refractivity contribution in [3.63, 3.8) is 0 Å². The summed E-state index contributed by atoms with van der Waals surface area (Å²) < 4.78 is -1.16. The number of nitriles is 1. The molecule has 2 amide bonds. The molecule has 2 aliphatic heterocycles. The van der Waals surface area contributed by atoms with Crippen molar-refractivity contribution < 1.29 is 19.5 Å². The van der Waals surface area contributed by atoms with E-state index in [1.807, 2.05) is 0 Å². The zero-order valence-electron chi connectivity index (χ0n) is 10.2. The third-order valence-electron chi connectivity index (χ3n) is 3.13. The van der Waals surface area contributed by atoms with Crippen LogP contribution < -0.4 is 5.32 Å². The lowest BCUT2D eigenvalue weighted by Crippen LogP contribution is -2.73. The number of rotatable bonds is 5. The Balaban J connectivity index is 2.11. The molecule has 0 spiro atoms. The fourth-order valence-corrected chi connectivity index (χ4v) is 4.67. The van der Waals surface area contributed by atoms with Gasteiger partial charge in [0.15, 0.2) is 0 Å². The average Bonchev–Trinajstić information content (AvgIpc) is 2.44. The second kappa shape index (κ2) is 5.76. The van der Waals surface area contributed by atoms with Crippen LogP contribution in [0.4, 0.5) is 0 Å². The molecule has 2 N–H and O–H groups in total. The molecule has 2 aliphatic rings. The summed E-state index contributed by atoms with van der Waals surface area (Å²) in [5.41, 5.74) is 0. The molecule has 0 bridgehead atoms. The first-order valence-corrected chi connectivity index (χ1v) is 7.56. The zero-order chi connectivity index (χ0) is 14.8. The lowest BCUT2D eigenvalue weighted by atomic mass is 10.0. The normalized spacial score (nSPS) is 32.1. The van der Waals surface area contributed by atoms with Gasteiger partial charge in [-0.25, -0.2) is 0 Å². The fourth-order valence-electron chi connectivity index (χ4n) is 2.09. The number of thioether (sulfide) groups is 2. The van der Waals surface area contributed by atoms with E-state index in [-0.39, 0.29) is 17.8 Å². The van der Waals surface area contributed by atoms with E-state index in [0.29, 0.717) is 12.2 Å². The van der Waals surface area contributed by atoms with Crippen molar-refractivity contribution in [2.45, 2.75) is 16.2 Å². The van der Waals surface area contributed by atoms with E-state index in [2.05, 4.69) is 5.32 Å². The van der Waals surface area contributed by atoms with Gasteiger partial charge < -0.3 is 15.3 Å². The number of allylic oxidation sites excluding steroid dienone is 1. The van der Waals surface area contributed by atoms with Gasteiger partial charge in [-0.15, -0.1) is 23.5 Å². The highest BCUT2D eigenvalue weighted by Crippen LogP contribution is 2.44. The van der Waals surface area contributed by atoms with Gasteiger partial charge in [-0.2, -0.15) is 5.26 Å². The van der Waals surface area contributed by atoms with Crippen LogP contribution in [0.5, 0.6) is 0 Å². The maximum absolute atomic E-state index is 11.8. The molecule has 2 saturated heterocycles. The molecule has 0 aromatic rings. The number of carbonyl (C=O) groups is 3. The van der Waals surface area contributed by atoms with Crippen molar-refractivity contribution in [3.05, 3.63) is 11.5 Å². The summed E-state index contributed by atoms with van der Waals surface area (Å²) >= 11 is 2.35. The van der Waals surface area contributed by atoms with E-state index in [9.17, 15) is 19.5 Å². The second-order valence-corrected chi connectivity index (χ2v) is 6.67. The molecule has 9 heteroatoms. The standard InChI is InChI=1S/C11H11N3O4S2/c12-2-1-3-20-11(10(17)18)4-14-8(16)7(13-6-15)9(14)19-5-11/h1,3,6-7,9H,4-5H2,(H,13,15)(H,17,18)/t7?,9-,11?/m1/s1. The first-order valence-electron chi connectivity index (χ1n) is 5.63. The summed E-state index contributed by atoms with van der Waals surface area (Å²) in [5, 5.41) is 21.5. The van der Waals surface area contributed by atoms with E-state index in [1.165, 1.54) is 28.1 Å². The Hall–Kier alpha value is -1.66. The molecule has 7 nitrogen and oxygen atoms in total.